The average Bonchev–Trinajstić information content (AvgIpc) is 2.45. The smallest absolute Gasteiger partial charge is 0.161 e. The van der Waals surface area contributed by atoms with Crippen molar-refractivity contribution in [1.29, 1.82) is 0 Å². The second-order valence-corrected chi connectivity index (χ2v) is 6.61. The van der Waals surface area contributed by atoms with E-state index < -0.39 is 0 Å². The molecule has 3 atom stereocenters. The summed E-state index contributed by atoms with van der Waals surface area (Å²) in [5.74, 6) is 3.84. The van der Waals surface area contributed by atoms with Crippen LogP contribution in [0.2, 0.25) is 0 Å². The Balaban J connectivity index is 1.77. The lowest BCUT2D eigenvalue weighted by Crippen LogP contribution is -2.29. The molecule has 1 heterocycles. The largest absolute Gasteiger partial charge is 0.486 e. The minimum absolute atomic E-state index is 0.107. The van der Waals surface area contributed by atoms with Crippen LogP contribution >= 0.6 is 0 Å². The average molecular weight is 275 g/mol. The van der Waals surface area contributed by atoms with E-state index in [1.54, 1.807) is 0 Å². The molecule has 1 saturated carbocycles. The third-order valence-electron chi connectivity index (χ3n) is 4.67. The lowest BCUT2D eigenvalue weighted by Gasteiger charge is -2.35. The van der Waals surface area contributed by atoms with Gasteiger partial charge in [-0.25, -0.2) is 0 Å². The molecular formula is C17H25NO2. The molecule has 3 heteroatoms. The second kappa shape index (κ2) is 5.65. The van der Waals surface area contributed by atoms with Gasteiger partial charge in [0.25, 0.3) is 0 Å². The molecule has 0 radical (unpaired) electrons. The summed E-state index contributed by atoms with van der Waals surface area (Å²) in [5.41, 5.74) is 7.71. The Kier molecular flexibility index (Phi) is 3.88. The zero-order valence-electron chi connectivity index (χ0n) is 12.5. The summed E-state index contributed by atoms with van der Waals surface area (Å²) in [5, 5.41) is 0. The van der Waals surface area contributed by atoms with Gasteiger partial charge in [0.05, 0.1) is 0 Å². The van der Waals surface area contributed by atoms with Crippen LogP contribution in [0.15, 0.2) is 18.2 Å². The van der Waals surface area contributed by atoms with Gasteiger partial charge >= 0.3 is 0 Å². The van der Waals surface area contributed by atoms with Gasteiger partial charge in [-0.2, -0.15) is 0 Å². The van der Waals surface area contributed by atoms with Crippen LogP contribution in [0.3, 0.4) is 0 Å². The highest BCUT2D eigenvalue weighted by Gasteiger charge is 2.29. The van der Waals surface area contributed by atoms with Crippen molar-refractivity contribution in [2.75, 3.05) is 13.2 Å². The molecule has 3 nitrogen and oxygen atoms in total. The molecule has 1 aromatic carbocycles. The summed E-state index contributed by atoms with van der Waals surface area (Å²) in [4.78, 5) is 0. The van der Waals surface area contributed by atoms with E-state index in [0.29, 0.717) is 19.1 Å². The standard InChI is InChI=1S/C17H25NO2/c1-11-7-12(2)9-14(8-11)17(18)13-3-4-15-16(10-13)20-6-5-19-15/h3-4,10-12,14,17H,5-9,18H2,1-2H3. The van der Waals surface area contributed by atoms with E-state index in [4.69, 9.17) is 15.2 Å². The number of rotatable bonds is 2. The second-order valence-electron chi connectivity index (χ2n) is 6.61. The Morgan fingerprint density at radius 1 is 1.00 bits per heavy atom. The van der Waals surface area contributed by atoms with E-state index in [2.05, 4.69) is 26.0 Å². The summed E-state index contributed by atoms with van der Waals surface area (Å²) in [7, 11) is 0. The van der Waals surface area contributed by atoms with E-state index >= 15 is 0 Å². The minimum atomic E-state index is 0.107. The highest BCUT2D eigenvalue weighted by Crippen LogP contribution is 2.40. The molecule has 1 aromatic rings. The fraction of sp³-hybridized carbons (Fsp3) is 0.647. The third-order valence-corrected chi connectivity index (χ3v) is 4.67. The molecule has 0 bridgehead atoms. The lowest BCUT2D eigenvalue weighted by atomic mass is 9.72. The summed E-state index contributed by atoms with van der Waals surface area (Å²) < 4.78 is 11.2. The van der Waals surface area contributed by atoms with E-state index in [-0.39, 0.29) is 6.04 Å². The van der Waals surface area contributed by atoms with Crippen LogP contribution in [0.5, 0.6) is 11.5 Å². The summed E-state index contributed by atoms with van der Waals surface area (Å²) in [6.07, 6.45) is 3.81. The maximum absolute atomic E-state index is 6.53. The van der Waals surface area contributed by atoms with Crippen molar-refractivity contribution >= 4 is 0 Å². The Bertz CT molecular complexity index is 464. The van der Waals surface area contributed by atoms with Crippen LogP contribution in [-0.2, 0) is 0 Å². The summed E-state index contributed by atoms with van der Waals surface area (Å²) in [6, 6.07) is 6.28. The third kappa shape index (κ3) is 2.78. The molecule has 0 amide bonds. The number of fused-ring (bicyclic) bond motifs is 1. The van der Waals surface area contributed by atoms with Gasteiger partial charge in [-0.05, 0) is 54.7 Å². The molecule has 110 valence electrons. The summed E-state index contributed by atoms with van der Waals surface area (Å²) in [6.45, 7) is 5.96. The Morgan fingerprint density at radius 3 is 2.35 bits per heavy atom. The van der Waals surface area contributed by atoms with E-state index in [1.165, 1.54) is 24.8 Å². The fourth-order valence-electron chi connectivity index (χ4n) is 3.84. The molecule has 2 aliphatic rings. The number of hydrogen-bond acceptors (Lipinski definition) is 3. The molecular weight excluding hydrogens is 250 g/mol. The van der Waals surface area contributed by atoms with E-state index in [1.807, 2.05) is 6.07 Å². The van der Waals surface area contributed by atoms with Crippen molar-refractivity contribution < 1.29 is 9.47 Å². The Labute approximate surface area is 121 Å². The number of benzene rings is 1. The predicted octanol–water partition coefficient (Wildman–Crippen LogP) is 3.53. The zero-order valence-corrected chi connectivity index (χ0v) is 12.5. The van der Waals surface area contributed by atoms with Gasteiger partial charge in [0.1, 0.15) is 13.2 Å². The quantitative estimate of drug-likeness (QED) is 0.898. The molecule has 0 aromatic heterocycles. The van der Waals surface area contributed by atoms with Crippen molar-refractivity contribution in [1.82, 2.24) is 0 Å². The molecule has 1 aliphatic carbocycles. The summed E-state index contributed by atoms with van der Waals surface area (Å²) >= 11 is 0. The molecule has 3 unspecified atom stereocenters. The van der Waals surface area contributed by atoms with Gasteiger partial charge in [-0.3, -0.25) is 0 Å². The Hall–Kier alpha value is -1.22. The van der Waals surface area contributed by atoms with E-state index in [0.717, 1.165) is 23.3 Å². The topological polar surface area (TPSA) is 44.5 Å². The van der Waals surface area contributed by atoms with Gasteiger partial charge in [0.2, 0.25) is 0 Å². The van der Waals surface area contributed by atoms with Gasteiger partial charge in [0.15, 0.2) is 11.5 Å². The van der Waals surface area contributed by atoms with Crippen LogP contribution < -0.4 is 15.2 Å². The highest BCUT2D eigenvalue weighted by atomic mass is 16.6. The van der Waals surface area contributed by atoms with Crippen molar-refractivity contribution in [3.05, 3.63) is 23.8 Å². The fourth-order valence-corrected chi connectivity index (χ4v) is 3.84. The van der Waals surface area contributed by atoms with Crippen LogP contribution in [-0.4, -0.2) is 13.2 Å². The first-order valence-electron chi connectivity index (χ1n) is 7.78. The van der Waals surface area contributed by atoms with E-state index in [9.17, 15) is 0 Å². The zero-order chi connectivity index (χ0) is 14.1. The van der Waals surface area contributed by atoms with Crippen LogP contribution in [0.4, 0.5) is 0 Å². The predicted molar refractivity (Wildman–Crippen MR) is 80.0 cm³/mol. The molecule has 0 saturated heterocycles. The van der Waals surface area contributed by atoms with Gasteiger partial charge in [-0.1, -0.05) is 19.9 Å². The van der Waals surface area contributed by atoms with Crippen molar-refractivity contribution in [2.45, 2.75) is 39.2 Å². The Morgan fingerprint density at radius 2 is 1.65 bits per heavy atom. The van der Waals surface area contributed by atoms with Crippen molar-refractivity contribution in [3.63, 3.8) is 0 Å². The monoisotopic (exact) mass is 275 g/mol. The molecule has 2 N–H and O–H groups in total. The highest BCUT2D eigenvalue weighted by molar-refractivity contribution is 5.44. The van der Waals surface area contributed by atoms with Gasteiger partial charge in [0, 0.05) is 6.04 Å². The molecule has 3 rings (SSSR count). The lowest BCUT2D eigenvalue weighted by molar-refractivity contribution is 0.170. The van der Waals surface area contributed by atoms with Crippen LogP contribution in [0.1, 0.15) is 44.7 Å². The van der Waals surface area contributed by atoms with Crippen molar-refractivity contribution in [3.8, 4) is 11.5 Å². The number of ether oxygens (including phenoxy) is 2. The molecule has 0 spiro atoms. The first-order valence-corrected chi connectivity index (χ1v) is 7.78. The molecule has 1 aliphatic heterocycles. The first-order chi connectivity index (χ1) is 9.63. The van der Waals surface area contributed by atoms with Crippen LogP contribution in [0.25, 0.3) is 0 Å². The SMILES string of the molecule is CC1CC(C)CC(C(N)c2ccc3c(c2)OCCO3)C1. The molecule has 20 heavy (non-hydrogen) atoms. The van der Waals surface area contributed by atoms with Gasteiger partial charge < -0.3 is 15.2 Å². The maximum atomic E-state index is 6.53. The number of hydrogen-bond donors (Lipinski definition) is 1. The first kappa shape index (κ1) is 13.7. The van der Waals surface area contributed by atoms with Crippen LogP contribution in [0, 0.1) is 17.8 Å². The van der Waals surface area contributed by atoms with Gasteiger partial charge in [-0.15, -0.1) is 0 Å². The number of nitrogens with two attached hydrogens (primary N) is 1. The maximum Gasteiger partial charge on any atom is 0.161 e. The minimum Gasteiger partial charge on any atom is -0.486 e. The van der Waals surface area contributed by atoms with Crippen molar-refractivity contribution in [2.24, 2.45) is 23.5 Å². The molecule has 1 fully saturated rings. The normalized spacial score (nSPS) is 30.9.